The summed E-state index contributed by atoms with van der Waals surface area (Å²) in [6.45, 7) is 1.77. The molecule has 0 amide bonds. The van der Waals surface area contributed by atoms with Crippen molar-refractivity contribution < 1.29 is 13.9 Å². The van der Waals surface area contributed by atoms with Crippen molar-refractivity contribution in [3.05, 3.63) is 45.8 Å². The average Bonchev–Trinajstić information content (AvgIpc) is 3.34. The highest BCUT2D eigenvalue weighted by Crippen LogP contribution is 2.61. The van der Waals surface area contributed by atoms with Crippen LogP contribution < -0.4 is 11.0 Å². The molecule has 0 unspecified atom stereocenters. The fraction of sp³-hybridized carbons (Fsp3) is 0.429. The molecule has 3 fully saturated rings. The number of hydrogen-bond donors (Lipinski definition) is 1. The Labute approximate surface area is 171 Å². The Bertz CT molecular complexity index is 1260. The van der Waals surface area contributed by atoms with E-state index < -0.39 is 5.82 Å². The molecule has 2 bridgehead atoms. The van der Waals surface area contributed by atoms with E-state index in [4.69, 9.17) is 4.74 Å². The molecular weight excluding hydrogens is 389 g/mol. The number of fused-ring (bicyclic) bond motifs is 2. The lowest BCUT2D eigenvalue weighted by atomic mass is 9.73. The largest absolute Gasteiger partial charge is 0.378 e. The number of rotatable bonds is 5. The summed E-state index contributed by atoms with van der Waals surface area (Å²) < 4.78 is 23.1. The summed E-state index contributed by atoms with van der Waals surface area (Å²) in [4.78, 5) is 32.9. The van der Waals surface area contributed by atoms with Gasteiger partial charge in [0.1, 0.15) is 11.3 Å². The second-order valence-corrected chi connectivity index (χ2v) is 8.48. The van der Waals surface area contributed by atoms with Crippen LogP contribution in [0.4, 0.5) is 16.0 Å². The number of carbonyl (C=O) groups is 1. The zero-order chi connectivity index (χ0) is 21.3. The fourth-order valence-electron chi connectivity index (χ4n) is 5.13. The van der Waals surface area contributed by atoms with Crippen molar-refractivity contribution in [1.82, 2.24) is 19.1 Å². The number of nitrogens with zero attached hydrogens (tertiary/aromatic N) is 4. The van der Waals surface area contributed by atoms with E-state index in [2.05, 4.69) is 15.3 Å². The SMILES string of the molecule is COC12CCC(n3c(=O)n(C)c4cnc(Nc5cc(F)c(C=O)cc5C)nc43)(C1)C2. The molecule has 1 N–H and O–H groups in total. The highest BCUT2D eigenvalue weighted by atomic mass is 19.1. The third-order valence-corrected chi connectivity index (χ3v) is 6.77. The summed E-state index contributed by atoms with van der Waals surface area (Å²) in [5, 5.41) is 3.02. The van der Waals surface area contributed by atoms with Crippen LogP contribution in [0.25, 0.3) is 11.2 Å². The van der Waals surface area contributed by atoms with E-state index in [1.807, 2.05) is 0 Å². The number of aldehydes is 1. The average molecular weight is 411 g/mol. The first-order valence-corrected chi connectivity index (χ1v) is 9.84. The zero-order valence-electron chi connectivity index (χ0n) is 17.0. The number of hydrogen-bond acceptors (Lipinski definition) is 6. The molecule has 2 aromatic heterocycles. The maximum atomic E-state index is 14.1. The molecule has 3 aliphatic carbocycles. The van der Waals surface area contributed by atoms with Gasteiger partial charge in [-0.2, -0.15) is 4.98 Å². The van der Waals surface area contributed by atoms with E-state index in [1.165, 1.54) is 12.1 Å². The molecule has 6 rings (SSSR count). The van der Waals surface area contributed by atoms with Crippen LogP contribution in [0.1, 0.15) is 41.6 Å². The summed E-state index contributed by atoms with van der Waals surface area (Å²) in [5.41, 5.74) is 1.79. The predicted octanol–water partition coefficient (Wildman–Crippen LogP) is 2.80. The van der Waals surface area contributed by atoms with Crippen LogP contribution >= 0.6 is 0 Å². The van der Waals surface area contributed by atoms with Crippen LogP contribution in [0.15, 0.2) is 23.1 Å². The van der Waals surface area contributed by atoms with Gasteiger partial charge in [0.25, 0.3) is 0 Å². The fourth-order valence-corrected chi connectivity index (χ4v) is 5.13. The number of halogens is 1. The molecule has 9 heteroatoms. The maximum absolute atomic E-state index is 14.1. The van der Waals surface area contributed by atoms with Gasteiger partial charge < -0.3 is 10.1 Å². The van der Waals surface area contributed by atoms with E-state index in [0.29, 0.717) is 28.7 Å². The minimum atomic E-state index is -0.619. The minimum Gasteiger partial charge on any atom is -0.378 e. The van der Waals surface area contributed by atoms with Crippen LogP contribution in [-0.4, -0.2) is 38.1 Å². The first-order chi connectivity index (χ1) is 14.3. The van der Waals surface area contributed by atoms with Crippen molar-refractivity contribution in [2.45, 2.75) is 43.7 Å². The third-order valence-electron chi connectivity index (χ3n) is 6.77. The lowest BCUT2D eigenvalue weighted by molar-refractivity contribution is -0.0906. The van der Waals surface area contributed by atoms with Crippen molar-refractivity contribution in [2.75, 3.05) is 12.4 Å². The number of imidazole rings is 1. The minimum absolute atomic E-state index is 0.00161. The van der Waals surface area contributed by atoms with E-state index in [-0.39, 0.29) is 28.3 Å². The van der Waals surface area contributed by atoms with E-state index >= 15 is 0 Å². The van der Waals surface area contributed by atoms with E-state index in [1.54, 1.807) is 36.4 Å². The Hall–Kier alpha value is -3.07. The number of aryl methyl sites for hydroxylation is 2. The molecule has 3 aromatic rings. The predicted molar refractivity (Wildman–Crippen MR) is 109 cm³/mol. The standard InChI is InChI=1S/C21H22FN5O3/c1-12-6-13(9-28)14(22)7-15(12)24-18-23-8-16-17(25-18)27(19(29)26(16)2)20-4-5-21(10-20,11-20)30-3/h6-9H,4-5,10-11H2,1-3H3,(H,23,24,25). The molecule has 3 saturated carbocycles. The summed E-state index contributed by atoms with van der Waals surface area (Å²) in [5.74, 6) is -0.360. The number of anilines is 2. The van der Waals surface area contributed by atoms with Crippen molar-refractivity contribution >= 4 is 29.1 Å². The van der Waals surface area contributed by atoms with Gasteiger partial charge in [-0.3, -0.25) is 13.9 Å². The molecule has 3 aliphatic rings. The Balaban J connectivity index is 1.58. The molecule has 30 heavy (non-hydrogen) atoms. The third kappa shape index (κ3) is 2.48. The summed E-state index contributed by atoms with van der Waals surface area (Å²) in [6.07, 6.45) is 5.45. The van der Waals surface area contributed by atoms with Crippen LogP contribution in [-0.2, 0) is 17.3 Å². The van der Waals surface area contributed by atoms with Crippen molar-refractivity contribution in [3.63, 3.8) is 0 Å². The topological polar surface area (TPSA) is 91.0 Å². The van der Waals surface area contributed by atoms with Gasteiger partial charge in [0.15, 0.2) is 11.9 Å². The number of carbonyl (C=O) groups excluding carboxylic acids is 1. The molecular formula is C21H22FN5O3. The van der Waals surface area contributed by atoms with Crippen LogP contribution in [0, 0.1) is 12.7 Å². The van der Waals surface area contributed by atoms with Gasteiger partial charge >= 0.3 is 5.69 Å². The lowest BCUT2D eigenvalue weighted by Crippen LogP contribution is -2.53. The van der Waals surface area contributed by atoms with Crippen LogP contribution in [0.5, 0.6) is 0 Å². The molecule has 1 aromatic carbocycles. The van der Waals surface area contributed by atoms with E-state index in [0.717, 1.165) is 25.7 Å². The van der Waals surface area contributed by atoms with Crippen molar-refractivity contribution in [3.8, 4) is 0 Å². The van der Waals surface area contributed by atoms with Crippen LogP contribution in [0.3, 0.4) is 0 Å². The molecule has 0 radical (unpaired) electrons. The van der Waals surface area contributed by atoms with Gasteiger partial charge in [-0.15, -0.1) is 0 Å². The first kappa shape index (κ1) is 18.9. The first-order valence-electron chi connectivity index (χ1n) is 9.84. The second kappa shape index (κ2) is 6.21. The molecule has 0 saturated heterocycles. The number of nitrogens with one attached hydrogen (secondary N) is 1. The molecule has 156 valence electrons. The van der Waals surface area contributed by atoms with E-state index in [9.17, 15) is 14.0 Å². The van der Waals surface area contributed by atoms with Crippen LogP contribution in [0.2, 0.25) is 0 Å². The molecule has 0 aliphatic heterocycles. The number of ether oxygens (including phenoxy) is 1. The van der Waals surface area contributed by atoms with Crippen molar-refractivity contribution in [1.29, 1.82) is 0 Å². The highest BCUT2D eigenvalue weighted by molar-refractivity contribution is 5.78. The zero-order valence-corrected chi connectivity index (χ0v) is 17.0. The van der Waals surface area contributed by atoms with Gasteiger partial charge in [-0.05, 0) is 37.5 Å². The van der Waals surface area contributed by atoms with Gasteiger partial charge in [0.05, 0.1) is 22.9 Å². The summed E-state index contributed by atoms with van der Waals surface area (Å²) >= 11 is 0. The smallest absolute Gasteiger partial charge is 0.330 e. The quantitative estimate of drug-likeness (QED) is 0.650. The second-order valence-electron chi connectivity index (χ2n) is 8.48. The number of benzene rings is 1. The van der Waals surface area contributed by atoms with Crippen molar-refractivity contribution in [2.24, 2.45) is 7.05 Å². The van der Waals surface area contributed by atoms with Gasteiger partial charge in [-0.1, -0.05) is 0 Å². The summed E-state index contributed by atoms with van der Waals surface area (Å²) in [7, 11) is 3.44. The lowest BCUT2D eigenvalue weighted by Gasteiger charge is -2.46. The Morgan fingerprint density at radius 2 is 2.07 bits per heavy atom. The maximum Gasteiger partial charge on any atom is 0.330 e. The Morgan fingerprint density at radius 3 is 2.73 bits per heavy atom. The highest BCUT2D eigenvalue weighted by Gasteiger charge is 2.63. The number of methoxy groups -OCH3 is 1. The van der Waals surface area contributed by atoms with Gasteiger partial charge in [-0.25, -0.2) is 14.2 Å². The Morgan fingerprint density at radius 1 is 1.30 bits per heavy atom. The molecule has 0 spiro atoms. The molecule has 0 atom stereocenters. The normalized spacial score (nSPS) is 24.8. The summed E-state index contributed by atoms with van der Waals surface area (Å²) in [6, 6.07) is 2.72. The Kier molecular flexibility index (Phi) is 3.92. The molecule has 2 heterocycles. The van der Waals surface area contributed by atoms with Gasteiger partial charge in [0.2, 0.25) is 5.95 Å². The number of aromatic nitrogens is 4. The monoisotopic (exact) mass is 411 g/mol. The van der Waals surface area contributed by atoms with Gasteiger partial charge in [0, 0.05) is 32.7 Å². The molecule has 8 nitrogen and oxygen atoms in total.